The van der Waals surface area contributed by atoms with E-state index in [2.05, 4.69) is 11.8 Å². The normalized spacial score (nSPS) is 18.3. The van der Waals surface area contributed by atoms with E-state index in [-0.39, 0.29) is 23.9 Å². The summed E-state index contributed by atoms with van der Waals surface area (Å²) in [6, 6.07) is 4.47. The van der Waals surface area contributed by atoms with Crippen LogP contribution in [0.2, 0.25) is 0 Å². The predicted octanol–water partition coefficient (Wildman–Crippen LogP) is 0.366. The average Bonchev–Trinajstić information content (AvgIpc) is 2.41. The van der Waals surface area contributed by atoms with E-state index in [1.165, 1.54) is 12.1 Å². The van der Waals surface area contributed by atoms with Gasteiger partial charge in [-0.3, -0.25) is 4.90 Å². The number of benzene rings is 1. The summed E-state index contributed by atoms with van der Waals surface area (Å²) in [6.07, 6.45) is 0. The number of sulfone groups is 1. The highest BCUT2D eigenvalue weighted by Gasteiger charge is 2.21. The van der Waals surface area contributed by atoms with Crippen molar-refractivity contribution in [3.63, 3.8) is 0 Å². The third-order valence-corrected chi connectivity index (χ3v) is 4.84. The largest absolute Gasteiger partial charge is 0.320 e. The molecule has 0 atom stereocenters. The molecule has 108 valence electrons. The lowest BCUT2D eigenvalue weighted by Crippen LogP contribution is -2.39. The Morgan fingerprint density at radius 2 is 2.00 bits per heavy atom. The van der Waals surface area contributed by atoms with Crippen LogP contribution < -0.4 is 5.73 Å². The molecule has 1 aromatic carbocycles. The summed E-state index contributed by atoms with van der Waals surface area (Å²) in [5.41, 5.74) is 6.84. The fourth-order valence-corrected chi connectivity index (χ4v) is 3.38. The Bertz CT molecular complexity index is 633. The van der Waals surface area contributed by atoms with E-state index in [1.54, 1.807) is 6.07 Å². The summed E-state index contributed by atoms with van der Waals surface area (Å²) < 4.78 is 36.0. The number of halogens is 1. The van der Waals surface area contributed by atoms with Gasteiger partial charge in [0.15, 0.2) is 9.84 Å². The van der Waals surface area contributed by atoms with Gasteiger partial charge < -0.3 is 5.73 Å². The van der Waals surface area contributed by atoms with Crippen molar-refractivity contribution in [2.75, 3.05) is 31.1 Å². The first-order valence-corrected chi connectivity index (χ1v) is 8.22. The fraction of sp³-hybridized carbons (Fsp3) is 0.429. The van der Waals surface area contributed by atoms with Crippen molar-refractivity contribution in [1.82, 2.24) is 4.90 Å². The first kappa shape index (κ1) is 15.0. The maximum atomic E-state index is 13.3. The van der Waals surface area contributed by atoms with Gasteiger partial charge in [-0.25, -0.2) is 12.8 Å². The van der Waals surface area contributed by atoms with Crippen LogP contribution in [0.3, 0.4) is 0 Å². The fourth-order valence-electron chi connectivity index (χ4n) is 2.10. The summed E-state index contributed by atoms with van der Waals surface area (Å²) in [6.45, 7) is 1.80. The molecule has 1 saturated heterocycles. The topological polar surface area (TPSA) is 63.4 Å². The number of rotatable bonds is 2. The van der Waals surface area contributed by atoms with E-state index in [9.17, 15) is 12.8 Å². The second-order valence-corrected chi connectivity index (χ2v) is 7.04. The molecule has 1 heterocycles. The summed E-state index contributed by atoms with van der Waals surface area (Å²) in [4.78, 5) is 2.04. The van der Waals surface area contributed by atoms with Crippen molar-refractivity contribution in [3.8, 4) is 11.8 Å². The molecule has 0 aliphatic carbocycles. The SMILES string of the molecule is NCC#Cc1cc(F)ccc1CN1CCS(=O)(=O)CC1. The molecule has 0 aromatic heterocycles. The standard InChI is InChI=1S/C14H17FN2O2S/c15-14-4-3-13(12(10-14)2-1-5-16)11-17-6-8-20(18,19)9-7-17/h3-4,10H,5-9,11,16H2. The highest BCUT2D eigenvalue weighted by Crippen LogP contribution is 2.15. The summed E-state index contributed by atoms with van der Waals surface area (Å²) in [5.74, 6) is 5.60. The van der Waals surface area contributed by atoms with Crippen LogP contribution in [-0.4, -0.2) is 44.5 Å². The second kappa shape index (κ2) is 6.35. The van der Waals surface area contributed by atoms with E-state index < -0.39 is 9.84 Å². The van der Waals surface area contributed by atoms with Crippen molar-refractivity contribution < 1.29 is 12.8 Å². The van der Waals surface area contributed by atoms with Gasteiger partial charge in [-0.2, -0.15) is 0 Å². The minimum atomic E-state index is -2.89. The molecule has 2 N–H and O–H groups in total. The van der Waals surface area contributed by atoms with E-state index >= 15 is 0 Å². The monoisotopic (exact) mass is 296 g/mol. The minimum absolute atomic E-state index is 0.179. The quantitative estimate of drug-likeness (QED) is 0.801. The number of nitrogens with two attached hydrogens (primary N) is 1. The van der Waals surface area contributed by atoms with E-state index in [4.69, 9.17) is 5.73 Å². The molecule has 6 heteroatoms. The lowest BCUT2D eigenvalue weighted by atomic mass is 10.1. The van der Waals surface area contributed by atoms with E-state index in [0.29, 0.717) is 25.2 Å². The molecule has 20 heavy (non-hydrogen) atoms. The van der Waals surface area contributed by atoms with Gasteiger partial charge in [-0.1, -0.05) is 17.9 Å². The molecule has 1 aliphatic heterocycles. The molecular weight excluding hydrogens is 279 g/mol. The average molecular weight is 296 g/mol. The van der Waals surface area contributed by atoms with Crippen LogP contribution in [0.4, 0.5) is 4.39 Å². The van der Waals surface area contributed by atoms with Gasteiger partial charge in [0.1, 0.15) is 5.82 Å². The van der Waals surface area contributed by atoms with Crippen LogP contribution in [0, 0.1) is 17.7 Å². The van der Waals surface area contributed by atoms with Crippen LogP contribution in [-0.2, 0) is 16.4 Å². The van der Waals surface area contributed by atoms with Gasteiger partial charge in [0.05, 0.1) is 18.1 Å². The Balaban J connectivity index is 2.13. The maximum Gasteiger partial charge on any atom is 0.152 e. The molecule has 1 aromatic rings. The zero-order valence-corrected chi connectivity index (χ0v) is 11.9. The number of hydrogen-bond acceptors (Lipinski definition) is 4. The molecule has 0 unspecified atom stereocenters. The van der Waals surface area contributed by atoms with Crippen LogP contribution in [0.15, 0.2) is 18.2 Å². The van der Waals surface area contributed by atoms with Crippen LogP contribution in [0.25, 0.3) is 0 Å². The van der Waals surface area contributed by atoms with Gasteiger partial charge in [0.25, 0.3) is 0 Å². The summed E-state index contributed by atoms with van der Waals surface area (Å²) in [5, 5.41) is 0. The molecule has 0 amide bonds. The Hall–Kier alpha value is -1.42. The Kier molecular flexibility index (Phi) is 4.76. The molecular formula is C14H17FN2O2S. The maximum absolute atomic E-state index is 13.3. The van der Waals surface area contributed by atoms with Gasteiger partial charge in [-0.15, -0.1) is 0 Å². The molecule has 0 radical (unpaired) electrons. The molecule has 0 saturated carbocycles. The molecule has 0 bridgehead atoms. The van der Waals surface area contributed by atoms with Crippen molar-refractivity contribution in [1.29, 1.82) is 0 Å². The second-order valence-electron chi connectivity index (χ2n) is 4.74. The summed E-state index contributed by atoms with van der Waals surface area (Å²) in [7, 11) is -2.89. The molecule has 2 rings (SSSR count). The van der Waals surface area contributed by atoms with Gasteiger partial charge >= 0.3 is 0 Å². The molecule has 1 fully saturated rings. The Morgan fingerprint density at radius 1 is 1.30 bits per heavy atom. The van der Waals surface area contributed by atoms with Crippen molar-refractivity contribution in [2.45, 2.75) is 6.54 Å². The Labute approximate surface area is 118 Å². The molecule has 1 aliphatic rings. The van der Waals surface area contributed by atoms with Gasteiger partial charge in [-0.05, 0) is 17.7 Å². The summed E-state index contributed by atoms with van der Waals surface area (Å²) >= 11 is 0. The highest BCUT2D eigenvalue weighted by atomic mass is 32.2. The van der Waals surface area contributed by atoms with Crippen molar-refractivity contribution in [2.24, 2.45) is 5.73 Å². The number of nitrogens with zero attached hydrogens (tertiary/aromatic N) is 1. The lowest BCUT2D eigenvalue weighted by molar-refractivity contribution is 0.287. The van der Waals surface area contributed by atoms with Gasteiger partial charge in [0.2, 0.25) is 0 Å². The molecule has 4 nitrogen and oxygen atoms in total. The highest BCUT2D eigenvalue weighted by molar-refractivity contribution is 7.91. The smallest absolute Gasteiger partial charge is 0.152 e. The van der Waals surface area contributed by atoms with Crippen LogP contribution in [0.5, 0.6) is 0 Å². The van der Waals surface area contributed by atoms with Crippen LogP contribution in [0.1, 0.15) is 11.1 Å². The van der Waals surface area contributed by atoms with Crippen LogP contribution >= 0.6 is 0 Å². The first-order valence-electron chi connectivity index (χ1n) is 6.40. The van der Waals surface area contributed by atoms with Crippen molar-refractivity contribution in [3.05, 3.63) is 35.1 Å². The van der Waals surface area contributed by atoms with E-state index in [1.807, 2.05) is 4.90 Å². The van der Waals surface area contributed by atoms with E-state index in [0.717, 1.165) is 5.56 Å². The third-order valence-electron chi connectivity index (χ3n) is 3.23. The molecule has 0 spiro atoms. The van der Waals surface area contributed by atoms with Crippen molar-refractivity contribution >= 4 is 9.84 Å². The zero-order valence-electron chi connectivity index (χ0n) is 11.1. The predicted molar refractivity (Wildman–Crippen MR) is 76.3 cm³/mol. The first-order chi connectivity index (χ1) is 9.50. The minimum Gasteiger partial charge on any atom is -0.320 e. The van der Waals surface area contributed by atoms with Gasteiger partial charge in [0, 0.05) is 25.2 Å². The third kappa shape index (κ3) is 4.04. The lowest BCUT2D eigenvalue weighted by Gasteiger charge is -2.26. The number of hydrogen-bond donors (Lipinski definition) is 1. The Morgan fingerprint density at radius 3 is 2.65 bits per heavy atom. The zero-order chi connectivity index (χ0) is 14.6.